The van der Waals surface area contributed by atoms with Gasteiger partial charge < -0.3 is 31.9 Å². The van der Waals surface area contributed by atoms with E-state index in [1.54, 1.807) is 0 Å². The number of aryl methyl sites for hydroxylation is 1. The van der Waals surface area contributed by atoms with Crippen LogP contribution in [-0.4, -0.2) is 4.40 Å². The molecule has 0 aliphatic rings. The van der Waals surface area contributed by atoms with E-state index in [4.69, 9.17) is 17.7 Å². The van der Waals surface area contributed by atoms with Crippen molar-refractivity contribution in [2.45, 2.75) is 6.92 Å². The van der Waals surface area contributed by atoms with Gasteiger partial charge in [0, 0.05) is 76.0 Å². The van der Waals surface area contributed by atoms with Crippen molar-refractivity contribution in [3.8, 4) is 0 Å². The van der Waals surface area contributed by atoms with Crippen LogP contribution in [0.15, 0.2) is 236 Å². The molecule has 17 rings (SSSR count). The van der Waals surface area contributed by atoms with Gasteiger partial charge >= 0.3 is 0 Å². The molecule has 0 aliphatic carbocycles. The van der Waals surface area contributed by atoms with E-state index in [2.05, 4.69) is 227 Å². The highest BCUT2D eigenvalue weighted by Crippen LogP contribution is 2.56. The average Bonchev–Trinajstić information content (AvgIpc) is 4.44. The number of nitrogens with zero attached hydrogens (tertiary/aromatic N) is 3. The van der Waals surface area contributed by atoms with Gasteiger partial charge in [-0.1, -0.05) is 152 Å². The molecule has 17 aromatic rings. The number of benzene rings is 11. The van der Waals surface area contributed by atoms with E-state index < -0.39 is 0 Å². The summed E-state index contributed by atoms with van der Waals surface area (Å²) in [5, 5.41) is 12.6. The number of anilines is 6. The van der Waals surface area contributed by atoms with Gasteiger partial charge in [0.05, 0.1) is 28.3 Å². The number of fused-ring (bicyclic) bond motifs is 20. The predicted octanol–water partition coefficient (Wildman–Crippen LogP) is 19.7. The Labute approximate surface area is 420 Å². The summed E-state index contributed by atoms with van der Waals surface area (Å²) in [5.74, 6) is 0. The average molecular weight is 950 g/mol. The summed E-state index contributed by atoms with van der Waals surface area (Å²) in [6.07, 6.45) is 0. The molecule has 74 heavy (non-hydrogen) atoms. The molecule has 0 saturated carbocycles. The molecule has 346 valence electrons. The lowest BCUT2D eigenvalue weighted by Gasteiger charge is -2.28. The highest BCUT2D eigenvalue weighted by Gasteiger charge is 2.33. The number of furan rings is 4. The van der Waals surface area contributed by atoms with E-state index in [-0.39, 0.29) is 0 Å². The zero-order valence-electron chi connectivity index (χ0n) is 39.8. The van der Waals surface area contributed by atoms with Crippen LogP contribution in [-0.2, 0) is 0 Å². The molecule has 6 aromatic heterocycles. The minimum atomic E-state index is 0.798. The maximum Gasteiger partial charge on any atom is 0.160 e. The van der Waals surface area contributed by atoms with Crippen molar-refractivity contribution in [1.82, 2.24) is 4.40 Å². The topological polar surface area (TPSA) is 63.5 Å². The quantitative estimate of drug-likeness (QED) is 0.165. The van der Waals surface area contributed by atoms with Crippen LogP contribution in [0.1, 0.15) is 5.56 Å². The molecule has 7 nitrogen and oxygen atoms in total. The molecular formula is C67H39N3O4. The SMILES string of the molecule is Cc1ccccc1N(c1cccc2c1oc1ccccc12)c1cc2c3ccccc3oc2c2c1c1cccc3c4c(N(c5ccccc5)c5cccc6c5oc5ccccc56)cc5c6ccccc6oc5c4n2c31. The van der Waals surface area contributed by atoms with Gasteiger partial charge in [-0.15, -0.1) is 0 Å². The highest BCUT2D eigenvalue weighted by molar-refractivity contribution is 6.36. The maximum atomic E-state index is 7.21. The van der Waals surface area contributed by atoms with Crippen molar-refractivity contribution >= 4 is 160 Å². The molecule has 11 aromatic carbocycles. The van der Waals surface area contributed by atoms with Gasteiger partial charge in [0.2, 0.25) is 0 Å². The van der Waals surface area contributed by atoms with Crippen LogP contribution in [0, 0.1) is 6.92 Å². The number of hydrogen-bond donors (Lipinski definition) is 0. The number of aromatic nitrogens is 1. The van der Waals surface area contributed by atoms with Crippen molar-refractivity contribution in [2.75, 3.05) is 9.80 Å². The Hall–Kier alpha value is -9.98. The summed E-state index contributed by atoms with van der Waals surface area (Å²) in [6.45, 7) is 2.19. The lowest BCUT2D eigenvalue weighted by Crippen LogP contribution is -2.12. The minimum absolute atomic E-state index is 0.798. The van der Waals surface area contributed by atoms with Crippen LogP contribution in [0.5, 0.6) is 0 Å². The van der Waals surface area contributed by atoms with E-state index in [9.17, 15) is 0 Å². The number of hydrogen-bond acceptors (Lipinski definition) is 6. The van der Waals surface area contributed by atoms with E-state index in [0.29, 0.717) is 0 Å². The Morgan fingerprint density at radius 1 is 0.284 bits per heavy atom. The summed E-state index contributed by atoms with van der Waals surface area (Å²) in [5.41, 5.74) is 16.6. The Balaban J connectivity index is 1.09. The zero-order chi connectivity index (χ0) is 48.3. The molecule has 0 radical (unpaired) electrons. The lowest BCUT2D eigenvalue weighted by molar-refractivity contribution is 0.668. The van der Waals surface area contributed by atoms with Crippen LogP contribution in [0.3, 0.4) is 0 Å². The summed E-state index contributed by atoms with van der Waals surface area (Å²) < 4.78 is 30.7. The van der Waals surface area contributed by atoms with Gasteiger partial charge in [-0.2, -0.15) is 0 Å². The molecule has 0 fully saturated rings. The Kier molecular flexibility index (Phi) is 7.81. The molecular weight excluding hydrogens is 911 g/mol. The first-order chi connectivity index (χ1) is 36.7. The van der Waals surface area contributed by atoms with Crippen molar-refractivity contribution < 1.29 is 17.7 Å². The summed E-state index contributed by atoms with van der Waals surface area (Å²) >= 11 is 0. The Morgan fingerprint density at radius 2 is 0.662 bits per heavy atom. The smallest absolute Gasteiger partial charge is 0.160 e. The van der Waals surface area contributed by atoms with Gasteiger partial charge in [-0.25, -0.2) is 0 Å². The van der Waals surface area contributed by atoms with Gasteiger partial charge in [-0.3, -0.25) is 0 Å². The van der Waals surface area contributed by atoms with E-state index in [1.807, 2.05) is 12.1 Å². The molecule has 0 atom stereocenters. The largest absolute Gasteiger partial charge is 0.454 e. The molecule has 6 heterocycles. The highest BCUT2D eigenvalue weighted by atomic mass is 16.3. The third-order valence-electron chi connectivity index (χ3n) is 15.6. The molecule has 0 unspecified atom stereocenters. The van der Waals surface area contributed by atoms with E-state index >= 15 is 0 Å². The number of rotatable bonds is 6. The third-order valence-corrected chi connectivity index (χ3v) is 15.6. The first-order valence-corrected chi connectivity index (χ1v) is 25.1. The van der Waals surface area contributed by atoms with Crippen molar-refractivity contribution in [3.05, 3.63) is 224 Å². The molecule has 7 heteroatoms. The molecule has 0 N–H and O–H groups in total. The molecule has 0 saturated heterocycles. The Bertz CT molecular complexity index is 5190. The normalized spacial score (nSPS) is 12.4. The monoisotopic (exact) mass is 949 g/mol. The second kappa shape index (κ2) is 14.6. The summed E-state index contributed by atoms with van der Waals surface area (Å²) in [7, 11) is 0. The summed E-state index contributed by atoms with van der Waals surface area (Å²) in [4.78, 5) is 4.80. The van der Waals surface area contributed by atoms with Crippen LogP contribution < -0.4 is 9.80 Å². The second-order valence-corrected chi connectivity index (χ2v) is 19.5. The lowest BCUT2D eigenvalue weighted by atomic mass is 10.00. The molecule has 0 amide bonds. The van der Waals surface area contributed by atoms with Crippen LogP contribution in [0.25, 0.3) is 126 Å². The van der Waals surface area contributed by atoms with Gasteiger partial charge in [0.15, 0.2) is 22.3 Å². The van der Waals surface area contributed by atoms with Crippen molar-refractivity contribution in [3.63, 3.8) is 0 Å². The maximum absolute atomic E-state index is 7.21. The first kappa shape index (κ1) is 39.7. The minimum Gasteiger partial charge on any atom is -0.454 e. The van der Waals surface area contributed by atoms with Gasteiger partial charge in [-0.05, 0) is 79.2 Å². The fourth-order valence-electron chi connectivity index (χ4n) is 12.5. The molecule has 0 spiro atoms. The fourth-order valence-corrected chi connectivity index (χ4v) is 12.5. The molecule has 0 aliphatic heterocycles. The van der Waals surface area contributed by atoms with Crippen LogP contribution >= 0.6 is 0 Å². The van der Waals surface area contributed by atoms with E-state index in [0.717, 1.165) is 166 Å². The second-order valence-electron chi connectivity index (χ2n) is 19.5. The first-order valence-electron chi connectivity index (χ1n) is 25.1. The number of para-hydroxylation sites is 9. The van der Waals surface area contributed by atoms with Crippen molar-refractivity contribution in [1.29, 1.82) is 0 Å². The third kappa shape index (κ3) is 5.19. The summed E-state index contributed by atoms with van der Waals surface area (Å²) in [6, 6.07) is 77.2. The Morgan fingerprint density at radius 3 is 1.19 bits per heavy atom. The van der Waals surface area contributed by atoms with Crippen LogP contribution in [0.4, 0.5) is 34.1 Å². The van der Waals surface area contributed by atoms with Gasteiger partial charge in [0.1, 0.15) is 33.4 Å². The van der Waals surface area contributed by atoms with Crippen molar-refractivity contribution in [2.24, 2.45) is 0 Å². The predicted molar refractivity (Wildman–Crippen MR) is 304 cm³/mol. The fraction of sp³-hybridized carbons (Fsp3) is 0.0149. The zero-order valence-corrected chi connectivity index (χ0v) is 39.8. The van der Waals surface area contributed by atoms with Gasteiger partial charge in [0.25, 0.3) is 0 Å². The van der Waals surface area contributed by atoms with E-state index in [1.165, 1.54) is 0 Å². The standard InChI is InChI=1S/C67H39N3O4/c1-38-18-5-10-29-50(38)69(52-31-17-26-45-41-22-7-12-33-56(41)72-65(45)52)54-37-49-43-24-9-14-35-58(43)74-67(49)63-60(54)47-28-15-27-46-59-53(36-48-42-23-8-13-34-57(42)73-66(48)62(59)70(63)61(46)47)68(39-19-3-2-4-20-39)51-30-16-25-44-40-21-6-11-32-55(40)71-64(44)51/h2-37H,1H3. The molecule has 0 bridgehead atoms. The van der Waals surface area contributed by atoms with Crippen LogP contribution in [0.2, 0.25) is 0 Å².